The molecule has 51 heavy (non-hydrogen) atoms. The Morgan fingerprint density at radius 2 is 1.49 bits per heavy atom. The summed E-state index contributed by atoms with van der Waals surface area (Å²) in [5, 5.41) is 1.95. The molecule has 0 bridgehead atoms. The van der Waals surface area contributed by atoms with Gasteiger partial charge in [0.25, 0.3) is 0 Å². The van der Waals surface area contributed by atoms with Gasteiger partial charge in [0, 0.05) is 18.2 Å². The molecule has 7 nitrogen and oxygen atoms in total. The molecule has 2 aliphatic heterocycles. The number of halogens is 2. The van der Waals surface area contributed by atoms with E-state index in [0.717, 1.165) is 66.2 Å². The molecule has 0 N–H and O–H groups in total. The molecule has 2 saturated heterocycles. The maximum Gasteiger partial charge on any atom is 0.320 e. The van der Waals surface area contributed by atoms with Crippen LogP contribution in [0.5, 0.6) is 11.9 Å². The SMILES string of the molecule is Fc1c(-c2cccc3cccc(CC(F)COCc4ccccc4)c23)ncc2c(OCc3ccccc3)nc(OCC34CCCN3CCC4)nc12. The van der Waals surface area contributed by atoms with E-state index in [1.54, 1.807) is 6.20 Å². The van der Waals surface area contributed by atoms with Crippen LogP contribution in [0.1, 0.15) is 42.4 Å². The highest BCUT2D eigenvalue weighted by atomic mass is 19.1. The number of hydrogen-bond donors (Lipinski definition) is 0. The van der Waals surface area contributed by atoms with E-state index < -0.39 is 12.0 Å². The molecule has 0 aliphatic carbocycles. The number of fused-ring (bicyclic) bond motifs is 3. The standard InChI is InChI=1S/C42H40F2N4O3/c43-33(27-49-25-29-11-3-1-4-12-29)23-32-17-7-15-31-16-8-18-34(36(31)32)38-37(44)39-35(24-45-38)40(50-26-30-13-5-2-6-14-30)47-41(46-39)51-28-42-19-9-21-48(42)22-10-20-42/h1-8,11-18,24,33H,9-10,19-23,25-28H2. The maximum absolute atomic E-state index is 16.9. The van der Waals surface area contributed by atoms with Crippen molar-refractivity contribution >= 4 is 21.7 Å². The van der Waals surface area contributed by atoms with Gasteiger partial charge >= 0.3 is 6.01 Å². The Labute approximate surface area is 296 Å². The molecule has 0 spiro atoms. The van der Waals surface area contributed by atoms with E-state index in [9.17, 15) is 0 Å². The van der Waals surface area contributed by atoms with Crippen molar-refractivity contribution in [2.45, 2.75) is 57.0 Å². The second-order valence-corrected chi connectivity index (χ2v) is 13.6. The van der Waals surface area contributed by atoms with Crippen molar-refractivity contribution in [3.8, 4) is 23.1 Å². The highest BCUT2D eigenvalue weighted by molar-refractivity contribution is 6.00. The lowest BCUT2D eigenvalue weighted by atomic mass is 9.94. The van der Waals surface area contributed by atoms with Crippen LogP contribution in [0.3, 0.4) is 0 Å². The topological polar surface area (TPSA) is 69.6 Å². The summed E-state index contributed by atoms with van der Waals surface area (Å²) in [7, 11) is 0. The van der Waals surface area contributed by atoms with E-state index in [2.05, 4.69) is 19.9 Å². The third-order valence-electron chi connectivity index (χ3n) is 10.2. The van der Waals surface area contributed by atoms with Crippen LogP contribution in [-0.2, 0) is 24.4 Å². The van der Waals surface area contributed by atoms with E-state index >= 15 is 8.78 Å². The van der Waals surface area contributed by atoms with E-state index in [1.165, 1.54) is 0 Å². The number of ether oxygens (including phenoxy) is 3. The molecule has 0 amide bonds. The van der Waals surface area contributed by atoms with Gasteiger partial charge in [-0.1, -0.05) is 97.1 Å². The lowest BCUT2D eigenvalue weighted by molar-refractivity contribution is 0.0699. The molecule has 4 heterocycles. The molecule has 8 rings (SSSR count). The first-order chi connectivity index (χ1) is 25.1. The van der Waals surface area contributed by atoms with Crippen molar-refractivity contribution in [1.82, 2.24) is 19.9 Å². The molecule has 2 fully saturated rings. The minimum absolute atomic E-state index is 0.0362. The average molecular weight is 687 g/mol. The van der Waals surface area contributed by atoms with Crippen LogP contribution in [0.15, 0.2) is 103 Å². The smallest absolute Gasteiger partial charge is 0.320 e. The average Bonchev–Trinajstić information content (AvgIpc) is 3.75. The zero-order chi connectivity index (χ0) is 34.6. The fraction of sp³-hybridized carbons (Fsp3) is 0.310. The highest BCUT2D eigenvalue weighted by Crippen LogP contribution is 2.40. The fourth-order valence-corrected chi connectivity index (χ4v) is 7.72. The van der Waals surface area contributed by atoms with E-state index in [1.807, 2.05) is 97.1 Å². The molecule has 1 atom stereocenters. The lowest BCUT2D eigenvalue weighted by Gasteiger charge is -2.31. The normalized spacial score (nSPS) is 16.0. The van der Waals surface area contributed by atoms with Crippen molar-refractivity contribution in [2.24, 2.45) is 0 Å². The minimum Gasteiger partial charge on any atom is -0.472 e. The Balaban J connectivity index is 1.13. The van der Waals surface area contributed by atoms with Crippen LogP contribution in [0.2, 0.25) is 0 Å². The molecule has 2 aromatic heterocycles. The van der Waals surface area contributed by atoms with Crippen LogP contribution in [0.25, 0.3) is 32.9 Å². The number of aromatic nitrogens is 3. The monoisotopic (exact) mass is 686 g/mol. The quantitative estimate of drug-likeness (QED) is 0.120. The summed E-state index contributed by atoms with van der Waals surface area (Å²) >= 11 is 0. The molecule has 0 radical (unpaired) electrons. The van der Waals surface area contributed by atoms with Crippen LogP contribution in [0.4, 0.5) is 8.78 Å². The van der Waals surface area contributed by atoms with Crippen LogP contribution < -0.4 is 9.47 Å². The lowest BCUT2D eigenvalue weighted by Crippen LogP contribution is -2.43. The summed E-state index contributed by atoms with van der Waals surface area (Å²) in [4.78, 5) is 16.4. The van der Waals surface area contributed by atoms with Gasteiger partial charge in [-0.15, -0.1) is 0 Å². The largest absolute Gasteiger partial charge is 0.472 e. The van der Waals surface area contributed by atoms with Gasteiger partial charge in [0.05, 0.1) is 24.1 Å². The molecule has 4 aromatic carbocycles. The van der Waals surface area contributed by atoms with Crippen LogP contribution >= 0.6 is 0 Å². The second-order valence-electron chi connectivity index (χ2n) is 13.6. The predicted octanol–water partition coefficient (Wildman–Crippen LogP) is 8.67. The molecule has 9 heteroatoms. The minimum atomic E-state index is -1.26. The second kappa shape index (κ2) is 14.7. The van der Waals surface area contributed by atoms with Gasteiger partial charge in [0.15, 0.2) is 5.82 Å². The fourth-order valence-electron chi connectivity index (χ4n) is 7.72. The van der Waals surface area contributed by atoms with E-state index in [0.29, 0.717) is 24.2 Å². The van der Waals surface area contributed by atoms with Gasteiger partial charge in [0.1, 0.15) is 30.6 Å². The third-order valence-corrected chi connectivity index (χ3v) is 10.2. The van der Waals surface area contributed by atoms with Gasteiger partial charge in [-0.3, -0.25) is 9.88 Å². The molecule has 6 aromatic rings. The summed E-state index contributed by atoms with van der Waals surface area (Å²) in [6.45, 7) is 3.07. The molecule has 260 valence electrons. The van der Waals surface area contributed by atoms with Crippen molar-refractivity contribution < 1.29 is 23.0 Å². The summed E-state index contributed by atoms with van der Waals surface area (Å²) in [6.07, 6.45) is 4.79. The van der Waals surface area contributed by atoms with E-state index in [4.69, 9.17) is 14.2 Å². The van der Waals surface area contributed by atoms with Crippen LogP contribution in [0, 0.1) is 5.82 Å². The van der Waals surface area contributed by atoms with Crippen molar-refractivity contribution in [3.63, 3.8) is 0 Å². The Morgan fingerprint density at radius 1 is 0.784 bits per heavy atom. The summed E-state index contributed by atoms with van der Waals surface area (Å²) in [5.74, 6) is -0.408. The Morgan fingerprint density at radius 3 is 2.24 bits per heavy atom. The highest BCUT2D eigenvalue weighted by Gasteiger charge is 2.45. The first-order valence-electron chi connectivity index (χ1n) is 17.7. The molecule has 0 saturated carbocycles. The summed E-state index contributed by atoms with van der Waals surface area (Å²) < 4.78 is 50.6. The van der Waals surface area contributed by atoms with Gasteiger partial charge < -0.3 is 14.2 Å². The Hall–Kier alpha value is -4.99. The van der Waals surface area contributed by atoms with Gasteiger partial charge in [-0.25, -0.2) is 8.78 Å². The van der Waals surface area contributed by atoms with E-state index in [-0.39, 0.29) is 48.3 Å². The van der Waals surface area contributed by atoms with Crippen LogP contribution in [-0.4, -0.2) is 57.9 Å². The first kappa shape index (κ1) is 33.2. The first-order valence-corrected chi connectivity index (χ1v) is 17.7. The van der Waals surface area contributed by atoms with Gasteiger partial charge in [-0.05, 0) is 66.2 Å². The third kappa shape index (κ3) is 7.01. The number of rotatable bonds is 13. The van der Waals surface area contributed by atoms with Crippen molar-refractivity contribution in [3.05, 3.63) is 126 Å². The maximum atomic E-state index is 16.9. The molecule has 2 aliphatic rings. The molecule has 1 unspecified atom stereocenters. The number of benzene rings is 4. The predicted molar refractivity (Wildman–Crippen MR) is 194 cm³/mol. The van der Waals surface area contributed by atoms with Gasteiger partial charge in [0.2, 0.25) is 5.88 Å². The number of nitrogens with zero attached hydrogens (tertiary/aromatic N) is 4. The zero-order valence-electron chi connectivity index (χ0n) is 28.4. The molecular formula is C42H40F2N4O3. The summed E-state index contributed by atoms with van der Waals surface area (Å²) in [5.41, 5.74) is 3.38. The molecular weight excluding hydrogens is 646 g/mol. The Kier molecular flexibility index (Phi) is 9.56. The van der Waals surface area contributed by atoms with Crippen molar-refractivity contribution in [2.75, 3.05) is 26.3 Å². The Bertz CT molecular complexity index is 2120. The van der Waals surface area contributed by atoms with Crippen molar-refractivity contribution in [1.29, 1.82) is 0 Å². The van der Waals surface area contributed by atoms with Gasteiger partial charge in [-0.2, -0.15) is 9.97 Å². The number of alkyl halides is 1. The number of hydrogen-bond acceptors (Lipinski definition) is 7. The summed E-state index contributed by atoms with van der Waals surface area (Å²) in [6, 6.07) is 30.9. The number of pyridine rings is 1. The zero-order valence-corrected chi connectivity index (χ0v) is 28.4.